The van der Waals surface area contributed by atoms with Crippen molar-refractivity contribution in [2.24, 2.45) is 5.41 Å². The molecular weight excluding hydrogens is 486 g/mol. The van der Waals surface area contributed by atoms with E-state index in [1.165, 1.54) is 32.1 Å². The summed E-state index contributed by atoms with van der Waals surface area (Å²) < 4.78 is 22.7. The third-order valence-corrected chi connectivity index (χ3v) is 9.29. The second-order valence-corrected chi connectivity index (χ2v) is 12.0. The zero-order chi connectivity index (χ0) is 24.7. The molecule has 3 fully saturated rings. The monoisotopic (exact) mass is 519 g/mol. The second-order valence-electron chi connectivity index (χ2n) is 10.9. The van der Waals surface area contributed by atoms with Gasteiger partial charge in [-0.1, -0.05) is 6.42 Å². The third-order valence-electron chi connectivity index (χ3n) is 8.13. The van der Waals surface area contributed by atoms with Crippen molar-refractivity contribution in [1.29, 1.82) is 0 Å². The van der Waals surface area contributed by atoms with Gasteiger partial charge in [-0.2, -0.15) is 0 Å². The van der Waals surface area contributed by atoms with Crippen LogP contribution in [0.15, 0.2) is 40.9 Å². The quantitative estimate of drug-likeness (QED) is 0.421. The molecule has 1 unspecified atom stereocenters. The van der Waals surface area contributed by atoms with Crippen LogP contribution < -0.4 is 14.4 Å². The number of benzene rings is 1. The standard InChI is InChI=1S/C28H33N5O3S/c1-3-21-17-33(13-1)25-15-19(8-12-29-25)26-30-31-27(36-26)23-7-4-20(32-37-22-5-6-22)16-24(23)35-18-28(9-2-10-28)11-14-34-21/h4,7-8,12,15-16,21-22,32H,1-3,5-6,9-11,13-14,17-18H2. The van der Waals surface area contributed by atoms with E-state index in [0.717, 1.165) is 67.3 Å². The molecule has 4 heterocycles. The number of fused-ring (bicyclic) bond motifs is 10. The lowest BCUT2D eigenvalue weighted by Gasteiger charge is -2.42. The van der Waals surface area contributed by atoms with Gasteiger partial charge in [0.1, 0.15) is 11.6 Å². The predicted molar refractivity (Wildman–Crippen MR) is 145 cm³/mol. The number of aromatic nitrogens is 3. The summed E-state index contributed by atoms with van der Waals surface area (Å²) in [7, 11) is 0. The van der Waals surface area contributed by atoms with Crippen molar-refractivity contribution < 1.29 is 13.9 Å². The van der Waals surface area contributed by atoms with Crippen LogP contribution in [0.2, 0.25) is 0 Å². The Labute approximate surface area is 221 Å². The lowest BCUT2D eigenvalue weighted by Crippen LogP contribution is -2.41. The van der Waals surface area contributed by atoms with E-state index in [1.54, 1.807) is 11.9 Å². The molecule has 1 aromatic carbocycles. The average molecular weight is 520 g/mol. The molecule has 1 N–H and O–H groups in total. The maximum Gasteiger partial charge on any atom is 0.251 e. The van der Waals surface area contributed by atoms with Crippen LogP contribution in [0.4, 0.5) is 11.5 Å². The van der Waals surface area contributed by atoms with Gasteiger partial charge in [0.15, 0.2) is 0 Å². The lowest BCUT2D eigenvalue weighted by atomic mass is 9.67. The molecule has 0 radical (unpaired) electrons. The van der Waals surface area contributed by atoms with Crippen molar-refractivity contribution in [3.63, 3.8) is 0 Å². The molecule has 4 aliphatic rings. The van der Waals surface area contributed by atoms with E-state index in [1.807, 2.05) is 24.4 Å². The number of anilines is 2. The molecule has 2 saturated carbocycles. The molecule has 7 rings (SSSR count). The minimum Gasteiger partial charge on any atom is -0.492 e. The van der Waals surface area contributed by atoms with Crippen molar-refractivity contribution in [1.82, 2.24) is 15.2 Å². The van der Waals surface area contributed by atoms with Gasteiger partial charge in [0, 0.05) is 53.9 Å². The van der Waals surface area contributed by atoms with Gasteiger partial charge in [0.05, 0.1) is 18.3 Å². The average Bonchev–Trinajstić information content (AvgIpc) is 3.62. The Morgan fingerprint density at radius 2 is 1.92 bits per heavy atom. The minimum absolute atomic E-state index is 0.167. The first-order valence-corrected chi connectivity index (χ1v) is 14.5. The summed E-state index contributed by atoms with van der Waals surface area (Å²) in [6.07, 6.45) is 11.4. The Balaban J connectivity index is 1.24. The molecule has 1 spiro atoms. The van der Waals surface area contributed by atoms with Crippen LogP contribution in [0, 0.1) is 5.41 Å². The Hall–Kier alpha value is -2.78. The van der Waals surface area contributed by atoms with Crippen molar-refractivity contribution in [3.8, 4) is 28.7 Å². The molecule has 194 valence electrons. The van der Waals surface area contributed by atoms with Gasteiger partial charge in [-0.25, -0.2) is 4.98 Å². The Bertz CT molecular complexity index is 1260. The fourth-order valence-corrected chi connectivity index (χ4v) is 6.29. The normalized spacial score (nSPS) is 22.9. The van der Waals surface area contributed by atoms with Crippen LogP contribution in [-0.2, 0) is 4.74 Å². The molecule has 3 aromatic rings. The summed E-state index contributed by atoms with van der Waals surface area (Å²) in [5.41, 5.74) is 2.89. The Morgan fingerprint density at radius 1 is 1.00 bits per heavy atom. The SMILES string of the molecule is c1cc2cc(n1)N1CCCC(C1)OCCC1(CCC1)COc1cc(NSC3CC3)ccc1-c1nnc-2o1. The smallest absolute Gasteiger partial charge is 0.251 e. The van der Waals surface area contributed by atoms with Crippen molar-refractivity contribution in [2.45, 2.75) is 62.7 Å². The molecule has 2 aromatic heterocycles. The molecule has 2 aliphatic heterocycles. The summed E-state index contributed by atoms with van der Waals surface area (Å²) in [5, 5.41) is 9.53. The molecule has 0 amide bonds. The minimum atomic E-state index is 0.167. The highest BCUT2D eigenvalue weighted by Crippen LogP contribution is 2.46. The summed E-state index contributed by atoms with van der Waals surface area (Å²) in [6, 6.07) is 10.1. The Morgan fingerprint density at radius 3 is 2.78 bits per heavy atom. The highest BCUT2D eigenvalue weighted by Gasteiger charge is 2.38. The predicted octanol–water partition coefficient (Wildman–Crippen LogP) is 5.96. The van der Waals surface area contributed by atoms with Crippen LogP contribution in [0.25, 0.3) is 22.9 Å². The second kappa shape index (κ2) is 9.83. The van der Waals surface area contributed by atoms with E-state index >= 15 is 0 Å². The molecule has 37 heavy (non-hydrogen) atoms. The van der Waals surface area contributed by atoms with Crippen LogP contribution in [0.3, 0.4) is 0 Å². The number of pyridine rings is 1. The number of ether oxygens (including phenoxy) is 2. The number of hydrogen-bond donors (Lipinski definition) is 1. The van der Waals surface area contributed by atoms with Gasteiger partial charge in [-0.3, -0.25) is 0 Å². The highest BCUT2D eigenvalue weighted by atomic mass is 32.2. The number of rotatable bonds is 3. The van der Waals surface area contributed by atoms with E-state index in [4.69, 9.17) is 13.9 Å². The molecule has 1 saturated heterocycles. The van der Waals surface area contributed by atoms with E-state index in [9.17, 15) is 0 Å². The fraction of sp³-hybridized carbons (Fsp3) is 0.536. The first kappa shape index (κ1) is 23.3. The summed E-state index contributed by atoms with van der Waals surface area (Å²) in [6.45, 7) is 3.28. The maximum absolute atomic E-state index is 6.57. The van der Waals surface area contributed by atoms with Crippen molar-refractivity contribution in [3.05, 3.63) is 36.5 Å². The number of nitrogens with one attached hydrogen (secondary N) is 1. The van der Waals surface area contributed by atoms with Crippen LogP contribution >= 0.6 is 11.9 Å². The summed E-state index contributed by atoms with van der Waals surface area (Å²) in [4.78, 5) is 6.97. The zero-order valence-corrected chi connectivity index (χ0v) is 21.8. The van der Waals surface area contributed by atoms with Gasteiger partial charge in [-0.05, 0) is 81.2 Å². The molecule has 2 aliphatic carbocycles. The molecule has 8 nitrogen and oxygen atoms in total. The summed E-state index contributed by atoms with van der Waals surface area (Å²) >= 11 is 1.79. The lowest BCUT2D eigenvalue weighted by molar-refractivity contribution is -0.0158. The third kappa shape index (κ3) is 5.03. The highest BCUT2D eigenvalue weighted by molar-refractivity contribution is 8.01. The van der Waals surface area contributed by atoms with E-state index in [0.29, 0.717) is 23.6 Å². The van der Waals surface area contributed by atoms with Crippen molar-refractivity contribution in [2.75, 3.05) is 35.9 Å². The topological polar surface area (TPSA) is 85.5 Å². The molecule has 1 atom stereocenters. The maximum atomic E-state index is 6.57. The number of nitrogens with zero attached hydrogens (tertiary/aromatic N) is 4. The molecular formula is C28H33N5O3S. The van der Waals surface area contributed by atoms with Gasteiger partial charge < -0.3 is 23.5 Å². The fourth-order valence-electron chi connectivity index (χ4n) is 5.49. The van der Waals surface area contributed by atoms with Crippen LogP contribution in [0.5, 0.6) is 5.75 Å². The zero-order valence-electron chi connectivity index (χ0n) is 21.0. The van der Waals surface area contributed by atoms with Gasteiger partial charge in [-0.15, -0.1) is 10.2 Å². The van der Waals surface area contributed by atoms with E-state index < -0.39 is 0 Å². The molecule has 9 heteroatoms. The van der Waals surface area contributed by atoms with Crippen LogP contribution in [0.1, 0.15) is 51.4 Å². The van der Waals surface area contributed by atoms with Crippen LogP contribution in [-0.4, -0.2) is 52.8 Å². The van der Waals surface area contributed by atoms with Gasteiger partial charge in [0.2, 0.25) is 5.89 Å². The van der Waals surface area contributed by atoms with E-state index in [-0.39, 0.29) is 11.5 Å². The van der Waals surface area contributed by atoms with E-state index in [2.05, 4.69) is 36.9 Å². The Kier molecular flexibility index (Phi) is 6.20. The molecule has 6 bridgehead atoms. The first-order valence-electron chi connectivity index (χ1n) is 13.6. The van der Waals surface area contributed by atoms with Crippen molar-refractivity contribution >= 4 is 23.5 Å². The first-order chi connectivity index (χ1) is 18.2. The summed E-state index contributed by atoms with van der Waals surface area (Å²) in [5.74, 6) is 2.67. The van der Waals surface area contributed by atoms with Gasteiger partial charge >= 0.3 is 0 Å². The van der Waals surface area contributed by atoms with Gasteiger partial charge in [0.25, 0.3) is 5.89 Å². The number of piperidine rings is 1. The largest absolute Gasteiger partial charge is 0.492 e. The number of hydrogen-bond acceptors (Lipinski definition) is 9.